The smallest absolute Gasteiger partial charge is 0.293 e. The highest BCUT2D eigenvalue weighted by molar-refractivity contribution is 9.10. The number of nitrogens with one attached hydrogen (secondary N) is 2. The predicted octanol–water partition coefficient (Wildman–Crippen LogP) is 4.61. The molecule has 28 heavy (non-hydrogen) atoms. The molecule has 0 saturated heterocycles. The second-order valence-corrected chi connectivity index (χ2v) is 7.67. The lowest BCUT2D eigenvalue weighted by molar-refractivity contribution is 0.0720. The number of para-hydroxylation sites is 1. The molecule has 0 aliphatic carbocycles. The van der Waals surface area contributed by atoms with E-state index in [1.54, 1.807) is 68.4 Å². The Bertz CT molecular complexity index is 1070. The van der Waals surface area contributed by atoms with Crippen LogP contribution in [0, 0.1) is 13.8 Å². The van der Waals surface area contributed by atoms with Crippen molar-refractivity contribution in [3.8, 4) is 5.75 Å². The maximum absolute atomic E-state index is 12.8. The SMILES string of the molecule is Cc1cc(C)c(C(Cl)(NC(=O)c2ccccc2)Oc2ccccc2Br)c(=O)[nH]1. The number of aromatic amines is 1. The van der Waals surface area contributed by atoms with Gasteiger partial charge in [0.15, 0.2) is 0 Å². The van der Waals surface area contributed by atoms with Crippen molar-refractivity contribution in [2.45, 2.75) is 19.0 Å². The van der Waals surface area contributed by atoms with Crippen molar-refractivity contribution >= 4 is 33.4 Å². The van der Waals surface area contributed by atoms with Gasteiger partial charge in [0, 0.05) is 11.3 Å². The molecule has 1 amide bonds. The lowest BCUT2D eigenvalue weighted by Gasteiger charge is -2.30. The fourth-order valence-electron chi connectivity index (χ4n) is 2.88. The first kappa shape index (κ1) is 20.2. The van der Waals surface area contributed by atoms with E-state index in [-0.39, 0.29) is 5.56 Å². The molecule has 0 saturated carbocycles. The molecule has 0 spiro atoms. The Hall–Kier alpha value is -2.57. The summed E-state index contributed by atoms with van der Waals surface area (Å²) in [5.74, 6) is -0.0905. The minimum atomic E-state index is -1.91. The lowest BCUT2D eigenvalue weighted by atomic mass is 10.1. The summed E-state index contributed by atoms with van der Waals surface area (Å²) in [5, 5.41) is 0.752. The summed E-state index contributed by atoms with van der Waals surface area (Å²) in [7, 11) is 0. The van der Waals surface area contributed by atoms with Gasteiger partial charge in [0.1, 0.15) is 11.3 Å². The number of halogens is 2. The lowest BCUT2D eigenvalue weighted by Crippen LogP contribution is -2.49. The van der Waals surface area contributed by atoms with Crippen LogP contribution in [0.3, 0.4) is 0 Å². The van der Waals surface area contributed by atoms with Gasteiger partial charge in [-0.2, -0.15) is 0 Å². The Kier molecular flexibility index (Phi) is 5.91. The first-order chi connectivity index (χ1) is 13.3. The molecule has 0 aliphatic heterocycles. The van der Waals surface area contributed by atoms with E-state index in [1.807, 2.05) is 6.07 Å². The third-order valence-electron chi connectivity index (χ3n) is 4.08. The Balaban J connectivity index is 2.10. The standard InChI is InChI=1S/C21H18BrClN2O3/c1-13-12-14(2)24-20(27)18(13)21(23,28-17-11-7-6-10-16(17)22)25-19(26)15-8-4-3-5-9-15/h3-12H,1-2H3,(H,24,27)(H,25,26). The quantitative estimate of drug-likeness (QED) is 0.331. The number of H-pyrrole nitrogens is 1. The van der Waals surface area contributed by atoms with E-state index in [9.17, 15) is 9.59 Å². The maximum Gasteiger partial charge on any atom is 0.293 e. The molecule has 0 radical (unpaired) electrons. The topological polar surface area (TPSA) is 71.2 Å². The minimum absolute atomic E-state index is 0.111. The third-order valence-corrected chi connectivity index (χ3v) is 5.10. The number of carbonyl (C=O) groups is 1. The van der Waals surface area contributed by atoms with Crippen LogP contribution in [0.4, 0.5) is 0 Å². The van der Waals surface area contributed by atoms with Crippen LogP contribution in [0.2, 0.25) is 0 Å². The van der Waals surface area contributed by atoms with Gasteiger partial charge in [-0.3, -0.25) is 14.9 Å². The molecule has 3 rings (SSSR count). The van der Waals surface area contributed by atoms with Crippen molar-refractivity contribution in [3.63, 3.8) is 0 Å². The van der Waals surface area contributed by atoms with Gasteiger partial charge in [-0.05, 0) is 77.3 Å². The highest BCUT2D eigenvalue weighted by Gasteiger charge is 2.39. The van der Waals surface area contributed by atoms with Crippen molar-refractivity contribution < 1.29 is 9.53 Å². The molecule has 2 N–H and O–H groups in total. The summed E-state index contributed by atoms with van der Waals surface area (Å²) < 4.78 is 6.61. The maximum atomic E-state index is 12.8. The summed E-state index contributed by atoms with van der Waals surface area (Å²) in [6.45, 7) is 3.51. The molecular weight excluding hydrogens is 444 g/mol. The zero-order chi connectivity index (χ0) is 20.3. The fraction of sp³-hybridized carbons (Fsp3) is 0.143. The highest BCUT2D eigenvalue weighted by Crippen LogP contribution is 2.34. The van der Waals surface area contributed by atoms with E-state index in [4.69, 9.17) is 16.3 Å². The van der Waals surface area contributed by atoms with Crippen LogP contribution < -0.4 is 15.6 Å². The normalized spacial score (nSPS) is 12.9. The number of alkyl halides is 1. The van der Waals surface area contributed by atoms with Gasteiger partial charge in [0.05, 0.1) is 4.47 Å². The first-order valence-corrected chi connectivity index (χ1v) is 9.68. The van der Waals surface area contributed by atoms with Crippen LogP contribution in [0.1, 0.15) is 27.2 Å². The number of ether oxygens (including phenoxy) is 1. The molecule has 3 aromatic rings. The van der Waals surface area contributed by atoms with Crippen molar-refractivity contribution in [2.24, 2.45) is 0 Å². The van der Waals surface area contributed by atoms with Gasteiger partial charge >= 0.3 is 0 Å². The molecule has 0 fully saturated rings. The summed E-state index contributed by atoms with van der Waals surface area (Å²) in [5.41, 5.74) is 1.34. The van der Waals surface area contributed by atoms with E-state index in [2.05, 4.69) is 26.2 Å². The molecule has 0 bridgehead atoms. The van der Waals surface area contributed by atoms with Crippen LogP contribution in [-0.4, -0.2) is 10.9 Å². The van der Waals surface area contributed by atoms with Crippen LogP contribution in [0.15, 0.2) is 69.9 Å². The number of amides is 1. The monoisotopic (exact) mass is 460 g/mol. The number of benzene rings is 2. The van der Waals surface area contributed by atoms with Gasteiger partial charge in [0.2, 0.25) is 0 Å². The molecule has 0 aliphatic rings. The number of rotatable bonds is 5. The fourth-order valence-corrected chi connectivity index (χ4v) is 3.65. The summed E-state index contributed by atoms with van der Waals surface area (Å²) >= 11 is 10.2. The second-order valence-electron chi connectivity index (χ2n) is 6.29. The summed E-state index contributed by atoms with van der Waals surface area (Å²) in [6.07, 6.45) is 0. The highest BCUT2D eigenvalue weighted by atomic mass is 79.9. The molecule has 5 nitrogen and oxygen atoms in total. The zero-order valence-corrected chi connectivity index (χ0v) is 17.6. The van der Waals surface area contributed by atoms with E-state index in [0.29, 0.717) is 27.0 Å². The minimum Gasteiger partial charge on any atom is -0.448 e. The Labute approximate surface area is 175 Å². The Morgan fingerprint density at radius 2 is 1.75 bits per heavy atom. The van der Waals surface area contributed by atoms with Crippen LogP contribution >= 0.6 is 27.5 Å². The number of aromatic nitrogens is 1. The zero-order valence-electron chi connectivity index (χ0n) is 15.3. The number of carbonyl (C=O) groups excluding carboxylic acids is 1. The van der Waals surface area contributed by atoms with Gasteiger partial charge < -0.3 is 9.72 Å². The predicted molar refractivity (Wildman–Crippen MR) is 113 cm³/mol. The average Bonchev–Trinajstić information content (AvgIpc) is 2.63. The van der Waals surface area contributed by atoms with Gasteiger partial charge in [0.25, 0.3) is 16.7 Å². The van der Waals surface area contributed by atoms with Gasteiger partial charge in [-0.1, -0.05) is 30.3 Å². The molecule has 7 heteroatoms. The molecule has 1 aromatic heterocycles. The average molecular weight is 462 g/mol. The number of hydrogen-bond acceptors (Lipinski definition) is 3. The van der Waals surface area contributed by atoms with E-state index in [0.717, 1.165) is 0 Å². The Morgan fingerprint density at radius 1 is 1.11 bits per heavy atom. The molecule has 144 valence electrons. The Morgan fingerprint density at radius 3 is 2.39 bits per heavy atom. The second kappa shape index (κ2) is 8.20. The number of hydrogen-bond donors (Lipinski definition) is 2. The summed E-state index contributed by atoms with van der Waals surface area (Å²) in [6, 6.07) is 17.4. The molecular formula is C21H18BrClN2O3. The largest absolute Gasteiger partial charge is 0.448 e. The van der Waals surface area contributed by atoms with Crippen LogP contribution in [-0.2, 0) is 5.18 Å². The van der Waals surface area contributed by atoms with Gasteiger partial charge in [-0.15, -0.1) is 0 Å². The van der Waals surface area contributed by atoms with Crippen molar-refractivity contribution in [3.05, 3.63) is 97.9 Å². The number of aryl methyl sites for hydroxylation is 2. The van der Waals surface area contributed by atoms with Gasteiger partial charge in [-0.25, -0.2) is 0 Å². The van der Waals surface area contributed by atoms with Crippen LogP contribution in [0.5, 0.6) is 5.75 Å². The van der Waals surface area contributed by atoms with Crippen LogP contribution in [0.25, 0.3) is 0 Å². The molecule has 1 unspecified atom stereocenters. The van der Waals surface area contributed by atoms with Crippen molar-refractivity contribution in [1.29, 1.82) is 0 Å². The first-order valence-electron chi connectivity index (χ1n) is 8.51. The molecule has 1 heterocycles. The third kappa shape index (κ3) is 4.29. The van der Waals surface area contributed by atoms with Crippen molar-refractivity contribution in [1.82, 2.24) is 10.3 Å². The van der Waals surface area contributed by atoms with E-state index < -0.39 is 16.7 Å². The molecule has 1 atom stereocenters. The van der Waals surface area contributed by atoms with E-state index >= 15 is 0 Å². The number of pyridine rings is 1. The summed E-state index contributed by atoms with van der Waals surface area (Å²) in [4.78, 5) is 28.2. The van der Waals surface area contributed by atoms with Crippen molar-refractivity contribution in [2.75, 3.05) is 0 Å². The van der Waals surface area contributed by atoms with E-state index in [1.165, 1.54) is 0 Å². The molecule has 2 aromatic carbocycles.